The van der Waals surface area contributed by atoms with Crippen LogP contribution in [0.1, 0.15) is 38.7 Å². The number of carboxylic acids is 1. The van der Waals surface area contributed by atoms with Gasteiger partial charge in [0.1, 0.15) is 23.9 Å². The fourth-order valence-electron chi connectivity index (χ4n) is 3.12. The Bertz CT molecular complexity index is 873. The number of carbonyl (C=O) groups excluding carboxylic acids is 4. The van der Waals surface area contributed by atoms with E-state index in [0.29, 0.717) is 5.56 Å². The molecule has 0 aromatic heterocycles. The van der Waals surface area contributed by atoms with Gasteiger partial charge in [-0.2, -0.15) is 0 Å². The molecule has 12 nitrogen and oxygen atoms in total. The van der Waals surface area contributed by atoms with E-state index in [2.05, 4.69) is 16.0 Å². The molecule has 0 fully saturated rings. The Morgan fingerprint density at radius 2 is 1.47 bits per heavy atom. The minimum atomic E-state index is -1.27. The second kappa shape index (κ2) is 13.8. The molecule has 12 heteroatoms. The summed E-state index contributed by atoms with van der Waals surface area (Å²) in [5.41, 5.74) is 11.1. The third-order valence-corrected chi connectivity index (χ3v) is 4.85. The van der Waals surface area contributed by atoms with Gasteiger partial charge in [-0.3, -0.25) is 19.2 Å². The number of carboxylic acid groups (broad SMARTS) is 1. The van der Waals surface area contributed by atoms with Gasteiger partial charge in [-0.15, -0.1) is 0 Å². The lowest BCUT2D eigenvalue weighted by atomic mass is 10.0. The van der Waals surface area contributed by atoms with Gasteiger partial charge in [0.2, 0.25) is 23.6 Å². The van der Waals surface area contributed by atoms with E-state index in [0.717, 1.165) is 0 Å². The van der Waals surface area contributed by atoms with Crippen LogP contribution in [0.5, 0.6) is 5.75 Å². The van der Waals surface area contributed by atoms with Crippen LogP contribution in [0.15, 0.2) is 24.3 Å². The van der Waals surface area contributed by atoms with Crippen molar-refractivity contribution in [3.63, 3.8) is 0 Å². The second-order valence-corrected chi connectivity index (χ2v) is 8.29. The molecule has 0 saturated heterocycles. The molecule has 9 N–H and O–H groups in total. The molecule has 0 heterocycles. The monoisotopic (exact) mass is 479 g/mol. The Labute approximate surface area is 197 Å². The average Bonchev–Trinajstić information content (AvgIpc) is 2.76. The number of benzene rings is 1. The lowest BCUT2D eigenvalue weighted by Gasteiger charge is -2.25. The minimum Gasteiger partial charge on any atom is -0.508 e. The zero-order chi connectivity index (χ0) is 25.8. The fourth-order valence-corrected chi connectivity index (χ4v) is 3.12. The molecule has 3 unspecified atom stereocenters. The zero-order valence-corrected chi connectivity index (χ0v) is 19.2. The standard InChI is InChI=1S/C22H33N5O7/c1-12(2)9-17(22(33)34)27-20(31)15(7-8-18(24)29)26-21(32)16(25-19(30)11-23)10-13-3-5-14(28)6-4-13/h3-6,12,15-17,28H,7-11,23H2,1-2H3,(H2,24,29)(H,25,30)(H,26,32)(H,27,31)(H,33,34). The highest BCUT2D eigenvalue weighted by atomic mass is 16.4. The number of nitrogens with one attached hydrogen (secondary N) is 3. The minimum absolute atomic E-state index is 0.0209. The Morgan fingerprint density at radius 3 is 1.97 bits per heavy atom. The highest BCUT2D eigenvalue weighted by molar-refractivity contribution is 5.94. The molecule has 34 heavy (non-hydrogen) atoms. The van der Waals surface area contributed by atoms with E-state index in [9.17, 15) is 34.2 Å². The van der Waals surface area contributed by atoms with E-state index in [1.54, 1.807) is 26.0 Å². The average molecular weight is 480 g/mol. The van der Waals surface area contributed by atoms with E-state index in [4.69, 9.17) is 11.5 Å². The highest BCUT2D eigenvalue weighted by Gasteiger charge is 2.30. The van der Waals surface area contributed by atoms with Gasteiger partial charge in [0, 0.05) is 12.8 Å². The van der Waals surface area contributed by atoms with Crippen LogP contribution in [0.4, 0.5) is 0 Å². The van der Waals surface area contributed by atoms with Gasteiger partial charge in [0.25, 0.3) is 0 Å². The number of amides is 4. The number of phenols is 1. The normalized spacial score (nSPS) is 13.4. The first-order chi connectivity index (χ1) is 15.9. The summed E-state index contributed by atoms with van der Waals surface area (Å²) in [6.45, 7) is 3.21. The first-order valence-electron chi connectivity index (χ1n) is 10.8. The molecule has 1 rings (SSSR count). The van der Waals surface area contributed by atoms with Gasteiger partial charge >= 0.3 is 5.97 Å². The van der Waals surface area contributed by atoms with Crippen molar-refractivity contribution in [1.29, 1.82) is 0 Å². The van der Waals surface area contributed by atoms with Crippen molar-refractivity contribution < 1.29 is 34.2 Å². The summed E-state index contributed by atoms with van der Waals surface area (Å²) >= 11 is 0. The number of nitrogens with two attached hydrogens (primary N) is 2. The van der Waals surface area contributed by atoms with E-state index in [-0.39, 0.29) is 43.9 Å². The first-order valence-corrected chi connectivity index (χ1v) is 10.8. The van der Waals surface area contributed by atoms with Crippen LogP contribution >= 0.6 is 0 Å². The van der Waals surface area contributed by atoms with Crippen LogP contribution < -0.4 is 27.4 Å². The summed E-state index contributed by atoms with van der Waals surface area (Å²) in [6, 6.07) is 2.36. The number of aromatic hydroxyl groups is 1. The van der Waals surface area contributed by atoms with E-state index in [1.165, 1.54) is 12.1 Å². The molecule has 188 valence electrons. The third kappa shape index (κ3) is 10.3. The summed E-state index contributed by atoms with van der Waals surface area (Å²) in [7, 11) is 0. The maximum atomic E-state index is 13.0. The molecule has 0 aliphatic rings. The topological polar surface area (TPSA) is 214 Å². The molecule has 0 bridgehead atoms. The molecule has 1 aromatic rings. The summed E-state index contributed by atoms with van der Waals surface area (Å²) in [5, 5.41) is 26.2. The van der Waals surface area contributed by atoms with Crippen molar-refractivity contribution in [2.24, 2.45) is 17.4 Å². The Balaban J connectivity index is 3.06. The van der Waals surface area contributed by atoms with Crippen molar-refractivity contribution in [3.05, 3.63) is 29.8 Å². The SMILES string of the molecule is CC(C)CC(NC(=O)C(CCC(N)=O)NC(=O)C(Cc1ccc(O)cc1)NC(=O)CN)C(=O)O. The van der Waals surface area contributed by atoms with Crippen LogP contribution in [0, 0.1) is 5.92 Å². The molecular formula is C22H33N5O7. The molecule has 0 aliphatic heterocycles. The van der Waals surface area contributed by atoms with Crippen molar-refractivity contribution in [1.82, 2.24) is 16.0 Å². The van der Waals surface area contributed by atoms with Crippen molar-refractivity contribution in [3.8, 4) is 5.75 Å². The van der Waals surface area contributed by atoms with E-state index in [1.807, 2.05) is 0 Å². The Morgan fingerprint density at radius 1 is 0.912 bits per heavy atom. The zero-order valence-electron chi connectivity index (χ0n) is 19.2. The molecule has 0 radical (unpaired) electrons. The van der Waals surface area contributed by atoms with Gasteiger partial charge in [-0.25, -0.2) is 4.79 Å². The lowest BCUT2D eigenvalue weighted by molar-refractivity contribution is -0.143. The number of rotatable bonds is 14. The molecule has 0 spiro atoms. The molecule has 3 atom stereocenters. The van der Waals surface area contributed by atoms with Crippen LogP contribution in [0.25, 0.3) is 0 Å². The lowest BCUT2D eigenvalue weighted by Crippen LogP contribution is -2.56. The van der Waals surface area contributed by atoms with Crippen LogP contribution in [0.3, 0.4) is 0 Å². The predicted octanol–water partition coefficient (Wildman–Crippen LogP) is -1.26. The van der Waals surface area contributed by atoms with Crippen LogP contribution in [-0.2, 0) is 30.4 Å². The number of hydrogen-bond donors (Lipinski definition) is 7. The summed E-state index contributed by atoms with van der Waals surface area (Å²) in [6.07, 6.45) is -0.226. The van der Waals surface area contributed by atoms with E-state index >= 15 is 0 Å². The quantitative estimate of drug-likeness (QED) is 0.171. The summed E-state index contributed by atoms with van der Waals surface area (Å²) in [4.78, 5) is 60.5. The third-order valence-electron chi connectivity index (χ3n) is 4.85. The van der Waals surface area contributed by atoms with Crippen molar-refractivity contribution in [2.75, 3.05) is 6.54 Å². The molecule has 1 aromatic carbocycles. The Hall–Kier alpha value is -3.67. The van der Waals surface area contributed by atoms with E-state index < -0.39 is 47.7 Å². The Kier molecular flexibility index (Phi) is 11.5. The summed E-state index contributed by atoms with van der Waals surface area (Å²) < 4.78 is 0. The van der Waals surface area contributed by atoms with Crippen LogP contribution in [-0.4, -0.2) is 64.5 Å². The number of primary amides is 1. The highest BCUT2D eigenvalue weighted by Crippen LogP contribution is 2.12. The van der Waals surface area contributed by atoms with Gasteiger partial charge in [0.05, 0.1) is 6.54 Å². The van der Waals surface area contributed by atoms with Gasteiger partial charge in [-0.1, -0.05) is 26.0 Å². The van der Waals surface area contributed by atoms with Crippen molar-refractivity contribution >= 4 is 29.6 Å². The number of phenolic OH excluding ortho intramolecular Hbond substituents is 1. The number of aliphatic carboxylic acids is 1. The predicted molar refractivity (Wildman–Crippen MR) is 122 cm³/mol. The fraction of sp³-hybridized carbons (Fsp3) is 0.500. The summed E-state index contributed by atoms with van der Waals surface area (Å²) in [5.74, 6) is -4.09. The van der Waals surface area contributed by atoms with Crippen LogP contribution in [0.2, 0.25) is 0 Å². The van der Waals surface area contributed by atoms with Crippen molar-refractivity contribution in [2.45, 2.75) is 57.7 Å². The molecule has 4 amide bonds. The first kappa shape index (κ1) is 28.4. The maximum absolute atomic E-state index is 13.0. The largest absolute Gasteiger partial charge is 0.508 e. The second-order valence-electron chi connectivity index (χ2n) is 8.29. The van der Waals surface area contributed by atoms with Gasteiger partial charge < -0.3 is 37.6 Å². The smallest absolute Gasteiger partial charge is 0.326 e. The molecule has 0 aliphatic carbocycles. The number of carbonyl (C=O) groups is 5. The maximum Gasteiger partial charge on any atom is 0.326 e. The molecular weight excluding hydrogens is 446 g/mol. The van der Waals surface area contributed by atoms with Gasteiger partial charge in [0.15, 0.2) is 0 Å². The molecule has 0 saturated carbocycles. The number of hydrogen-bond acceptors (Lipinski definition) is 7. The van der Waals surface area contributed by atoms with Gasteiger partial charge in [-0.05, 0) is 36.5 Å².